The number of nitrogens with zero attached hydrogens (tertiary/aromatic N) is 4. The van der Waals surface area contributed by atoms with Crippen LogP contribution in [0.15, 0.2) is 77.6 Å². The molecule has 0 atom stereocenters. The van der Waals surface area contributed by atoms with E-state index in [1.54, 1.807) is 24.8 Å². The first-order valence-corrected chi connectivity index (χ1v) is 8.49. The molecule has 0 spiro atoms. The lowest BCUT2D eigenvalue weighted by Gasteiger charge is -2.11. The summed E-state index contributed by atoms with van der Waals surface area (Å²) in [6.45, 7) is 0. The van der Waals surface area contributed by atoms with Crippen LogP contribution in [-0.4, -0.2) is 24.8 Å². The third-order valence-corrected chi connectivity index (χ3v) is 4.94. The number of hydrogen-bond acceptors (Lipinski definition) is 4. The lowest BCUT2D eigenvalue weighted by molar-refractivity contribution is 0.102. The second-order valence-corrected chi connectivity index (χ2v) is 6.52. The molecule has 0 unspecified atom stereocenters. The van der Waals surface area contributed by atoms with Gasteiger partial charge in [-0.25, -0.2) is 9.97 Å². The highest BCUT2D eigenvalue weighted by molar-refractivity contribution is 7.99. The van der Waals surface area contributed by atoms with Crippen molar-refractivity contribution in [1.29, 1.82) is 0 Å². The standard InChI is InChI=1S/C18H15N5OS/c1-22-9-7-20-18(22)25-16-5-3-2-4-15(16)21-17(24)13-6-8-23-12-19-11-14(23)10-13/h2-12H,1H3,(H,21,24). The fourth-order valence-corrected chi connectivity index (χ4v) is 3.35. The molecule has 0 bridgehead atoms. The van der Waals surface area contributed by atoms with Gasteiger partial charge in [0.25, 0.3) is 5.91 Å². The lowest BCUT2D eigenvalue weighted by atomic mass is 10.2. The van der Waals surface area contributed by atoms with E-state index >= 15 is 0 Å². The third kappa shape index (κ3) is 3.14. The summed E-state index contributed by atoms with van der Waals surface area (Å²) in [7, 11) is 1.94. The Labute approximate surface area is 148 Å². The van der Waals surface area contributed by atoms with Gasteiger partial charge >= 0.3 is 0 Å². The maximum Gasteiger partial charge on any atom is 0.255 e. The molecule has 0 radical (unpaired) electrons. The Balaban J connectivity index is 1.59. The molecule has 1 amide bonds. The molecule has 124 valence electrons. The summed E-state index contributed by atoms with van der Waals surface area (Å²) in [6, 6.07) is 11.3. The highest BCUT2D eigenvalue weighted by Gasteiger charge is 2.12. The van der Waals surface area contributed by atoms with Crippen molar-refractivity contribution < 1.29 is 4.79 Å². The Bertz CT molecular complexity index is 1050. The largest absolute Gasteiger partial charge is 0.329 e. The predicted molar refractivity (Wildman–Crippen MR) is 96.9 cm³/mol. The van der Waals surface area contributed by atoms with Crippen molar-refractivity contribution in [2.75, 3.05) is 5.32 Å². The minimum atomic E-state index is -0.156. The average molecular weight is 349 g/mol. The Morgan fingerprint density at radius 1 is 1.20 bits per heavy atom. The highest BCUT2D eigenvalue weighted by Crippen LogP contribution is 2.32. The van der Waals surface area contributed by atoms with Gasteiger partial charge in [-0.2, -0.15) is 0 Å². The SMILES string of the molecule is Cn1ccnc1Sc1ccccc1NC(=O)c1ccn2cncc2c1. The van der Waals surface area contributed by atoms with E-state index in [1.165, 1.54) is 11.8 Å². The van der Waals surface area contributed by atoms with Gasteiger partial charge in [-0.1, -0.05) is 12.1 Å². The zero-order valence-corrected chi connectivity index (χ0v) is 14.3. The molecule has 0 fully saturated rings. The molecule has 7 heteroatoms. The van der Waals surface area contributed by atoms with Crippen LogP contribution in [0.25, 0.3) is 5.52 Å². The first-order valence-electron chi connectivity index (χ1n) is 7.68. The topological polar surface area (TPSA) is 64.2 Å². The summed E-state index contributed by atoms with van der Waals surface area (Å²) in [4.78, 5) is 22.0. The Hall–Kier alpha value is -3.06. The van der Waals surface area contributed by atoms with Crippen molar-refractivity contribution in [3.8, 4) is 0 Å². The van der Waals surface area contributed by atoms with E-state index in [9.17, 15) is 4.79 Å². The van der Waals surface area contributed by atoms with E-state index in [2.05, 4.69) is 15.3 Å². The number of benzene rings is 1. The number of para-hydroxylation sites is 1. The van der Waals surface area contributed by atoms with E-state index < -0.39 is 0 Å². The van der Waals surface area contributed by atoms with E-state index in [4.69, 9.17) is 0 Å². The normalized spacial score (nSPS) is 10.9. The number of amides is 1. The number of hydrogen-bond donors (Lipinski definition) is 1. The summed E-state index contributed by atoms with van der Waals surface area (Å²) in [5.41, 5.74) is 2.22. The van der Waals surface area contributed by atoms with Crippen LogP contribution in [0.1, 0.15) is 10.4 Å². The van der Waals surface area contributed by atoms with E-state index in [1.807, 2.05) is 58.7 Å². The van der Waals surface area contributed by atoms with Crippen molar-refractivity contribution in [3.05, 3.63) is 73.1 Å². The van der Waals surface area contributed by atoms with E-state index in [-0.39, 0.29) is 5.91 Å². The van der Waals surface area contributed by atoms with Gasteiger partial charge in [0.05, 0.1) is 23.7 Å². The van der Waals surface area contributed by atoms with Crippen molar-refractivity contribution in [1.82, 2.24) is 18.9 Å². The monoisotopic (exact) mass is 349 g/mol. The van der Waals surface area contributed by atoms with Gasteiger partial charge < -0.3 is 14.3 Å². The number of fused-ring (bicyclic) bond motifs is 1. The van der Waals surface area contributed by atoms with Crippen molar-refractivity contribution in [2.24, 2.45) is 7.05 Å². The molecule has 3 aromatic heterocycles. The number of carbonyl (C=O) groups excluding carboxylic acids is 1. The van der Waals surface area contributed by atoms with Crippen molar-refractivity contribution >= 4 is 28.9 Å². The smallest absolute Gasteiger partial charge is 0.255 e. The molecule has 1 aromatic carbocycles. The van der Waals surface area contributed by atoms with Gasteiger partial charge in [0, 0.05) is 36.1 Å². The van der Waals surface area contributed by atoms with Crippen LogP contribution in [0.2, 0.25) is 0 Å². The Kier molecular flexibility index (Phi) is 3.99. The van der Waals surface area contributed by atoms with Crippen LogP contribution in [0.5, 0.6) is 0 Å². The first-order chi connectivity index (χ1) is 12.2. The van der Waals surface area contributed by atoms with E-state index in [0.717, 1.165) is 21.3 Å². The number of rotatable bonds is 4. The fourth-order valence-electron chi connectivity index (χ4n) is 2.46. The molecule has 25 heavy (non-hydrogen) atoms. The molecule has 0 aliphatic rings. The molecule has 0 aliphatic heterocycles. The van der Waals surface area contributed by atoms with Crippen LogP contribution in [-0.2, 0) is 7.05 Å². The average Bonchev–Trinajstić information content (AvgIpc) is 3.25. The fraction of sp³-hybridized carbons (Fsp3) is 0.0556. The molecule has 1 N–H and O–H groups in total. The number of aromatic nitrogens is 4. The van der Waals surface area contributed by atoms with Gasteiger partial charge in [-0.3, -0.25) is 4.79 Å². The maximum atomic E-state index is 12.6. The summed E-state index contributed by atoms with van der Waals surface area (Å²) < 4.78 is 3.80. The minimum Gasteiger partial charge on any atom is -0.329 e. The highest BCUT2D eigenvalue weighted by atomic mass is 32.2. The summed E-state index contributed by atoms with van der Waals surface area (Å²) >= 11 is 1.51. The molecule has 0 aliphatic carbocycles. The number of carbonyl (C=O) groups is 1. The molecule has 3 heterocycles. The molecule has 4 aromatic rings. The quantitative estimate of drug-likeness (QED) is 0.613. The van der Waals surface area contributed by atoms with Gasteiger partial charge in [0.15, 0.2) is 5.16 Å². The number of nitrogens with one attached hydrogen (secondary N) is 1. The second-order valence-electron chi connectivity index (χ2n) is 5.51. The van der Waals surface area contributed by atoms with Gasteiger partial charge in [-0.05, 0) is 36.0 Å². The molecular formula is C18H15N5OS. The van der Waals surface area contributed by atoms with Crippen LogP contribution in [0, 0.1) is 0 Å². The molecule has 6 nitrogen and oxygen atoms in total. The Morgan fingerprint density at radius 3 is 2.92 bits per heavy atom. The Morgan fingerprint density at radius 2 is 2.08 bits per heavy atom. The maximum absolute atomic E-state index is 12.6. The minimum absolute atomic E-state index is 0.156. The summed E-state index contributed by atoms with van der Waals surface area (Å²) in [5, 5.41) is 3.85. The molecule has 4 rings (SSSR count). The van der Waals surface area contributed by atoms with Gasteiger partial charge in [0.1, 0.15) is 0 Å². The van der Waals surface area contributed by atoms with Crippen LogP contribution >= 0.6 is 11.8 Å². The van der Waals surface area contributed by atoms with E-state index in [0.29, 0.717) is 5.56 Å². The van der Waals surface area contributed by atoms with Crippen molar-refractivity contribution in [2.45, 2.75) is 10.1 Å². The lowest BCUT2D eigenvalue weighted by Crippen LogP contribution is -2.12. The van der Waals surface area contributed by atoms with Crippen molar-refractivity contribution in [3.63, 3.8) is 0 Å². The molecule has 0 saturated carbocycles. The predicted octanol–water partition coefficient (Wildman–Crippen LogP) is 3.47. The van der Waals surface area contributed by atoms with Gasteiger partial charge in [-0.15, -0.1) is 0 Å². The first kappa shape index (κ1) is 15.5. The summed E-state index contributed by atoms with van der Waals surface area (Å²) in [6.07, 6.45) is 8.90. The molecule has 0 saturated heterocycles. The zero-order valence-electron chi connectivity index (χ0n) is 13.5. The van der Waals surface area contributed by atoms with Gasteiger partial charge in [0.2, 0.25) is 0 Å². The molecular weight excluding hydrogens is 334 g/mol. The van der Waals surface area contributed by atoms with Crippen LogP contribution < -0.4 is 5.32 Å². The number of imidazole rings is 2. The number of aryl methyl sites for hydroxylation is 1. The van der Waals surface area contributed by atoms with Crippen LogP contribution in [0.4, 0.5) is 5.69 Å². The third-order valence-electron chi connectivity index (χ3n) is 3.79. The summed E-state index contributed by atoms with van der Waals surface area (Å²) in [5.74, 6) is -0.156. The number of pyridine rings is 1. The number of anilines is 1. The second kappa shape index (κ2) is 6.45. The van der Waals surface area contributed by atoms with Crippen LogP contribution in [0.3, 0.4) is 0 Å². The zero-order chi connectivity index (χ0) is 17.2.